The predicted molar refractivity (Wildman–Crippen MR) is 104 cm³/mol. The van der Waals surface area contributed by atoms with Gasteiger partial charge in [0.2, 0.25) is 0 Å². The molecule has 150 valence electrons. The van der Waals surface area contributed by atoms with Gasteiger partial charge in [-0.15, -0.1) is 0 Å². The fourth-order valence-corrected chi connectivity index (χ4v) is 4.13. The van der Waals surface area contributed by atoms with Gasteiger partial charge >= 0.3 is 0 Å². The standard InChI is InChI=1S/C20H26N4O4/c1-15-5-4-6-17-21-11-16(19(26)24(15)17)18(25)23-9-10-28-14-20(27,13-23)12-22-7-2-3-8-22/h4-6,11,27H,2-3,7-10,12-14H2,1H3/t20-/m1/s1. The van der Waals surface area contributed by atoms with E-state index in [0.717, 1.165) is 31.6 Å². The first-order valence-corrected chi connectivity index (χ1v) is 9.76. The summed E-state index contributed by atoms with van der Waals surface area (Å²) >= 11 is 0. The molecule has 0 radical (unpaired) electrons. The smallest absolute Gasteiger partial charge is 0.270 e. The second-order valence-corrected chi connectivity index (χ2v) is 7.82. The number of amides is 1. The Labute approximate surface area is 163 Å². The number of nitrogens with zero attached hydrogens (tertiary/aromatic N) is 4. The zero-order valence-corrected chi connectivity index (χ0v) is 16.1. The van der Waals surface area contributed by atoms with Gasteiger partial charge in [0, 0.05) is 25.0 Å². The van der Waals surface area contributed by atoms with Crippen LogP contribution in [0.15, 0.2) is 29.2 Å². The van der Waals surface area contributed by atoms with Gasteiger partial charge in [0.15, 0.2) is 0 Å². The Hall–Kier alpha value is -2.29. The molecular weight excluding hydrogens is 360 g/mol. The van der Waals surface area contributed by atoms with E-state index in [4.69, 9.17) is 4.74 Å². The Balaban J connectivity index is 1.61. The third-order valence-corrected chi connectivity index (χ3v) is 5.52. The molecule has 28 heavy (non-hydrogen) atoms. The summed E-state index contributed by atoms with van der Waals surface area (Å²) in [6.07, 6.45) is 3.58. The first-order chi connectivity index (χ1) is 13.5. The van der Waals surface area contributed by atoms with Crippen LogP contribution in [0.2, 0.25) is 0 Å². The predicted octanol–water partition coefficient (Wildman–Crippen LogP) is 0.302. The van der Waals surface area contributed by atoms with Crippen molar-refractivity contribution in [1.82, 2.24) is 19.2 Å². The zero-order chi connectivity index (χ0) is 19.7. The SMILES string of the molecule is Cc1cccc2ncc(C(=O)N3CCOC[C@@](O)(CN4CCCC4)C3)c(=O)n12. The maximum atomic E-state index is 13.1. The number of carbonyl (C=O) groups excluding carboxylic acids is 1. The van der Waals surface area contributed by atoms with Gasteiger partial charge in [0.1, 0.15) is 16.8 Å². The van der Waals surface area contributed by atoms with E-state index >= 15 is 0 Å². The lowest BCUT2D eigenvalue weighted by molar-refractivity contribution is -0.0524. The maximum absolute atomic E-state index is 13.1. The largest absolute Gasteiger partial charge is 0.384 e. The van der Waals surface area contributed by atoms with Gasteiger partial charge in [-0.05, 0) is 45.0 Å². The van der Waals surface area contributed by atoms with Crippen LogP contribution in [-0.2, 0) is 4.74 Å². The number of ether oxygens (including phenoxy) is 1. The molecule has 0 spiro atoms. The minimum Gasteiger partial charge on any atom is -0.384 e. The topological polar surface area (TPSA) is 87.4 Å². The molecule has 2 fully saturated rings. The Bertz CT molecular complexity index is 937. The quantitative estimate of drug-likeness (QED) is 0.817. The van der Waals surface area contributed by atoms with Crippen molar-refractivity contribution in [2.45, 2.75) is 25.4 Å². The normalized spacial score (nSPS) is 23.9. The van der Waals surface area contributed by atoms with Gasteiger partial charge in [-0.3, -0.25) is 14.0 Å². The maximum Gasteiger partial charge on any atom is 0.270 e. The average molecular weight is 386 g/mol. The van der Waals surface area contributed by atoms with Gasteiger partial charge in [0.25, 0.3) is 11.5 Å². The van der Waals surface area contributed by atoms with Crippen LogP contribution in [0.3, 0.4) is 0 Å². The summed E-state index contributed by atoms with van der Waals surface area (Å²) in [5, 5.41) is 11.1. The van der Waals surface area contributed by atoms with E-state index in [1.807, 2.05) is 6.07 Å². The first-order valence-electron chi connectivity index (χ1n) is 9.76. The number of β-amino-alcohol motifs (C(OH)–C–C–N with tert-alkyl or cyclic N) is 1. The molecule has 0 aliphatic carbocycles. The van der Waals surface area contributed by atoms with Gasteiger partial charge < -0.3 is 19.6 Å². The van der Waals surface area contributed by atoms with Crippen molar-refractivity contribution in [3.8, 4) is 0 Å². The molecule has 2 saturated heterocycles. The summed E-state index contributed by atoms with van der Waals surface area (Å²) in [6.45, 7) is 5.15. The monoisotopic (exact) mass is 386 g/mol. The molecule has 8 heteroatoms. The number of aliphatic hydroxyl groups is 1. The number of rotatable bonds is 3. The number of hydrogen-bond acceptors (Lipinski definition) is 6. The van der Waals surface area contributed by atoms with Crippen LogP contribution in [0.5, 0.6) is 0 Å². The highest BCUT2D eigenvalue weighted by Gasteiger charge is 2.37. The molecule has 4 rings (SSSR count). The molecule has 2 aliphatic heterocycles. The number of pyridine rings is 1. The summed E-state index contributed by atoms with van der Waals surface area (Å²) in [5.41, 5.74) is -0.299. The van der Waals surface area contributed by atoms with E-state index < -0.39 is 11.5 Å². The van der Waals surface area contributed by atoms with Crippen LogP contribution < -0.4 is 5.56 Å². The molecule has 0 saturated carbocycles. The van der Waals surface area contributed by atoms with Crippen molar-refractivity contribution in [2.24, 2.45) is 0 Å². The lowest BCUT2D eigenvalue weighted by Crippen LogP contribution is -2.53. The Kier molecular flexibility index (Phi) is 5.18. The van der Waals surface area contributed by atoms with Gasteiger partial charge in [-0.25, -0.2) is 4.98 Å². The highest BCUT2D eigenvalue weighted by molar-refractivity contribution is 5.93. The molecule has 4 heterocycles. The van der Waals surface area contributed by atoms with Crippen LogP contribution in [-0.4, -0.2) is 81.7 Å². The van der Waals surface area contributed by atoms with E-state index in [9.17, 15) is 14.7 Å². The Morgan fingerprint density at radius 2 is 2.07 bits per heavy atom. The Morgan fingerprint density at radius 3 is 2.86 bits per heavy atom. The zero-order valence-electron chi connectivity index (χ0n) is 16.1. The summed E-state index contributed by atoms with van der Waals surface area (Å²) in [4.78, 5) is 34.1. The second kappa shape index (κ2) is 7.62. The number of likely N-dealkylation sites (tertiary alicyclic amines) is 1. The number of aromatic nitrogens is 2. The molecule has 0 bridgehead atoms. The molecule has 2 aliphatic rings. The summed E-state index contributed by atoms with van der Waals surface area (Å²) < 4.78 is 7.03. The second-order valence-electron chi connectivity index (χ2n) is 7.82. The first kappa shape index (κ1) is 19.0. The molecule has 0 unspecified atom stereocenters. The molecule has 2 aromatic heterocycles. The van der Waals surface area contributed by atoms with Gasteiger partial charge in [0.05, 0.1) is 19.8 Å². The molecule has 1 amide bonds. The van der Waals surface area contributed by atoms with E-state index in [0.29, 0.717) is 25.3 Å². The number of carbonyl (C=O) groups is 1. The summed E-state index contributed by atoms with van der Waals surface area (Å²) in [5.74, 6) is -0.416. The minimum absolute atomic E-state index is 0.0113. The van der Waals surface area contributed by atoms with Crippen molar-refractivity contribution in [2.75, 3.05) is 45.9 Å². The molecule has 0 aromatic carbocycles. The van der Waals surface area contributed by atoms with Crippen LogP contribution in [0.4, 0.5) is 0 Å². The van der Waals surface area contributed by atoms with Crippen LogP contribution in [0, 0.1) is 6.92 Å². The van der Waals surface area contributed by atoms with Crippen molar-refractivity contribution >= 4 is 11.6 Å². The molecular formula is C20H26N4O4. The molecule has 8 nitrogen and oxygen atoms in total. The van der Waals surface area contributed by atoms with Crippen LogP contribution in [0.1, 0.15) is 28.9 Å². The highest BCUT2D eigenvalue weighted by atomic mass is 16.5. The van der Waals surface area contributed by atoms with E-state index in [2.05, 4.69) is 9.88 Å². The minimum atomic E-state index is -1.15. The van der Waals surface area contributed by atoms with Gasteiger partial charge in [-0.2, -0.15) is 0 Å². The van der Waals surface area contributed by atoms with Crippen molar-refractivity contribution in [3.63, 3.8) is 0 Å². The molecule has 1 atom stereocenters. The fourth-order valence-electron chi connectivity index (χ4n) is 4.13. The van der Waals surface area contributed by atoms with Crippen LogP contribution in [0.25, 0.3) is 5.65 Å². The number of hydrogen-bond donors (Lipinski definition) is 1. The lowest BCUT2D eigenvalue weighted by atomic mass is 10.0. The molecule has 1 N–H and O–H groups in total. The third-order valence-electron chi connectivity index (χ3n) is 5.52. The van der Waals surface area contributed by atoms with Crippen LogP contribution >= 0.6 is 0 Å². The number of fused-ring (bicyclic) bond motifs is 1. The van der Waals surface area contributed by atoms with Crippen molar-refractivity contribution < 1.29 is 14.6 Å². The average Bonchev–Trinajstić information content (AvgIpc) is 3.08. The summed E-state index contributed by atoms with van der Waals surface area (Å²) in [7, 11) is 0. The summed E-state index contributed by atoms with van der Waals surface area (Å²) in [6, 6.07) is 5.36. The lowest BCUT2D eigenvalue weighted by Gasteiger charge is -2.33. The van der Waals surface area contributed by atoms with Crippen molar-refractivity contribution in [3.05, 3.63) is 46.0 Å². The molecule has 2 aromatic rings. The highest BCUT2D eigenvalue weighted by Crippen LogP contribution is 2.19. The van der Waals surface area contributed by atoms with Crippen molar-refractivity contribution in [1.29, 1.82) is 0 Å². The van der Waals surface area contributed by atoms with E-state index in [-0.39, 0.29) is 24.3 Å². The third kappa shape index (κ3) is 3.67. The number of aryl methyl sites for hydroxylation is 1. The Morgan fingerprint density at radius 1 is 1.29 bits per heavy atom. The fraction of sp³-hybridized carbons (Fsp3) is 0.550. The van der Waals surface area contributed by atoms with Gasteiger partial charge in [-0.1, -0.05) is 6.07 Å². The van der Waals surface area contributed by atoms with E-state index in [1.165, 1.54) is 15.5 Å². The van der Waals surface area contributed by atoms with E-state index in [1.54, 1.807) is 19.1 Å².